The van der Waals surface area contributed by atoms with Crippen LogP contribution < -0.4 is 0 Å². The lowest BCUT2D eigenvalue weighted by molar-refractivity contribution is -0.147. The van der Waals surface area contributed by atoms with Crippen LogP contribution >= 0.6 is 0 Å². The fraction of sp³-hybridized carbons (Fsp3) is 0.579. The monoisotopic (exact) mass is 407 g/mol. The molecule has 2 fully saturated rings. The first-order chi connectivity index (χ1) is 13.4. The summed E-state index contributed by atoms with van der Waals surface area (Å²) in [5.41, 5.74) is 1.41. The highest BCUT2D eigenvalue weighted by molar-refractivity contribution is 7.89. The van der Waals surface area contributed by atoms with Crippen molar-refractivity contribution in [2.45, 2.75) is 38.3 Å². The highest BCUT2D eigenvalue weighted by Crippen LogP contribution is 2.38. The zero-order valence-electron chi connectivity index (χ0n) is 16.1. The molecule has 2 unspecified atom stereocenters. The molecule has 0 radical (unpaired) electrons. The van der Waals surface area contributed by atoms with Gasteiger partial charge in [-0.25, -0.2) is 13.4 Å². The van der Waals surface area contributed by atoms with E-state index >= 15 is 0 Å². The molecule has 1 aliphatic heterocycles. The first-order valence-corrected chi connectivity index (χ1v) is 11.1. The van der Waals surface area contributed by atoms with E-state index in [1.165, 1.54) is 4.31 Å². The normalized spacial score (nSPS) is 23.1. The zero-order chi connectivity index (χ0) is 19.9. The highest BCUT2D eigenvalue weighted by Gasteiger charge is 2.40. The number of aryl methyl sites for hydroxylation is 1. The van der Waals surface area contributed by atoms with E-state index < -0.39 is 10.0 Å². The number of hydrogen-bond donors (Lipinski definition) is 0. The summed E-state index contributed by atoms with van der Waals surface area (Å²) in [6.07, 6.45) is 0.881. The van der Waals surface area contributed by atoms with Crippen molar-refractivity contribution in [3.05, 3.63) is 24.0 Å². The van der Waals surface area contributed by atoms with Gasteiger partial charge < -0.3 is 14.0 Å². The molecule has 2 atom stereocenters. The van der Waals surface area contributed by atoms with E-state index in [-0.39, 0.29) is 23.4 Å². The molecule has 28 heavy (non-hydrogen) atoms. The van der Waals surface area contributed by atoms with Crippen LogP contribution in [0.4, 0.5) is 0 Å². The quantitative estimate of drug-likeness (QED) is 0.678. The predicted molar refractivity (Wildman–Crippen MR) is 102 cm³/mol. The van der Waals surface area contributed by atoms with Gasteiger partial charge in [0.25, 0.3) is 0 Å². The van der Waals surface area contributed by atoms with Gasteiger partial charge in [-0.3, -0.25) is 4.79 Å². The molecule has 0 bridgehead atoms. The van der Waals surface area contributed by atoms with E-state index in [2.05, 4.69) is 4.98 Å². The number of imidazole rings is 1. The van der Waals surface area contributed by atoms with Crippen LogP contribution in [0.1, 0.15) is 26.1 Å². The summed E-state index contributed by atoms with van der Waals surface area (Å²) < 4.78 is 39.8. The van der Waals surface area contributed by atoms with E-state index in [0.717, 1.165) is 11.9 Å². The minimum absolute atomic E-state index is 0.00437. The number of nitrogens with zero attached hydrogens (tertiary/aromatic N) is 3. The molecular weight excluding hydrogens is 382 g/mol. The van der Waals surface area contributed by atoms with Crippen LogP contribution in [-0.2, 0) is 37.4 Å². The first kappa shape index (κ1) is 19.4. The number of carbonyl (C=O) groups excluding carboxylic acids is 1. The topological polar surface area (TPSA) is 90.7 Å². The average Bonchev–Trinajstić information content (AvgIpc) is 3.33. The molecule has 2 aromatic rings. The Kier molecular flexibility index (Phi) is 5.15. The largest absolute Gasteiger partial charge is 0.457 e. The number of ether oxygens (including phenoxy) is 2. The van der Waals surface area contributed by atoms with Gasteiger partial charge >= 0.3 is 5.97 Å². The number of carbonyl (C=O) groups is 1. The summed E-state index contributed by atoms with van der Waals surface area (Å²) in [5.74, 6) is 0.841. The second-order valence-electron chi connectivity index (χ2n) is 7.37. The van der Waals surface area contributed by atoms with Crippen LogP contribution in [0, 0.1) is 11.8 Å². The van der Waals surface area contributed by atoms with Crippen molar-refractivity contribution in [2.75, 3.05) is 26.3 Å². The lowest BCUT2D eigenvalue weighted by atomic mass is 10.3. The molecular formula is C19H25N3O5S. The molecule has 1 saturated heterocycles. The summed E-state index contributed by atoms with van der Waals surface area (Å²) in [6.45, 7) is 6.27. The summed E-state index contributed by atoms with van der Waals surface area (Å²) >= 11 is 0. The Bertz CT molecular complexity index is 994. The van der Waals surface area contributed by atoms with Crippen molar-refractivity contribution in [1.82, 2.24) is 13.9 Å². The molecule has 0 N–H and O–H groups in total. The Balaban J connectivity index is 1.59. The number of sulfonamides is 1. The smallest absolute Gasteiger partial charge is 0.309 e. The van der Waals surface area contributed by atoms with Crippen molar-refractivity contribution in [2.24, 2.45) is 11.8 Å². The first-order valence-electron chi connectivity index (χ1n) is 9.65. The highest BCUT2D eigenvalue weighted by atomic mass is 32.2. The van der Waals surface area contributed by atoms with Gasteiger partial charge in [-0.15, -0.1) is 0 Å². The molecule has 1 aromatic heterocycles. The number of hydrogen-bond acceptors (Lipinski definition) is 6. The molecule has 4 rings (SSSR count). The lowest BCUT2D eigenvalue weighted by Gasteiger charge is -2.26. The average molecular weight is 407 g/mol. The molecule has 2 aliphatic rings. The number of morpholine rings is 1. The van der Waals surface area contributed by atoms with Gasteiger partial charge in [-0.2, -0.15) is 4.31 Å². The second kappa shape index (κ2) is 7.46. The number of benzene rings is 1. The van der Waals surface area contributed by atoms with Gasteiger partial charge in [0.05, 0.1) is 35.1 Å². The maximum atomic E-state index is 12.9. The Morgan fingerprint density at radius 3 is 2.68 bits per heavy atom. The number of rotatable bonds is 6. The van der Waals surface area contributed by atoms with Gasteiger partial charge in [-0.05, 0) is 37.5 Å². The third kappa shape index (κ3) is 3.54. The Morgan fingerprint density at radius 2 is 2.04 bits per heavy atom. The summed E-state index contributed by atoms with van der Waals surface area (Å²) in [7, 11) is -3.58. The van der Waals surface area contributed by atoms with Crippen molar-refractivity contribution >= 4 is 27.0 Å². The van der Waals surface area contributed by atoms with Gasteiger partial charge in [0, 0.05) is 19.6 Å². The standard InChI is InChI=1S/C19H25N3O5S/c1-3-22-17-5-4-14(28(24,25)21-6-8-26-9-7-21)11-16(17)20-18(22)12-27-19(23)15-10-13(15)2/h4-5,11,13,15H,3,6-10,12H2,1-2H3. The zero-order valence-corrected chi connectivity index (χ0v) is 16.9. The van der Waals surface area contributed by atoms with Crippen molar-refractivity contribution in [3.8, 4) is 0 Å². The number of esters is 1. The van der Waals surface area contributed by atoms with Crippen LogP contribution in [0.15, 0.2) is 23.1 Å². The van der Waals surface area contributed by atoms with Crippen LogP contribution in [0.3, 0.4) is 0 Å². The van der Waals surface area contributed by atoms with E-state index in [4.69, 9.17) is 9.47 Å². The fourth-order valence-electron chi connectivity index (χ4n) is 3.61. The summed E-state index contributed by atoms with van der Waals surface area (Å²) in [5, 5.41) is 0. The Labute approximate surface area is 164 Å². The van der Waals surface area contributed by atoms with Gasteiger partial charge in [0.2, 0.25) is 10.0 Å². The van der Waals surface area contributed by atoms with Crippen molar-refractivity contribution in [3.63, 3.8) is 0 Å². The molecule has 1 aliphatic carbocycles. The van der Waals surface area contributed by atoms with Crippen LogP contribution in [0.5, 0.6) is 0 Å². The minimum atomic E-state index is -3.58. The molecule has 0 amide bonds. The van der Waals surface area contributed by atoms with Crippen LogP contribution in [0.2, 0.25) is 0 Å². The molecule has 2 heterocycles. The number of aromatic nitrogens is 2. The van der Waals surface area contributed by atoms with E-state index in [9.17, 15) is 13.2 Å². The molecule has 0 spiro atoms. The SMILES string of the molecule is CCn1c(COC(=O)C2CC2C)nc2cc(S(=O)(=O)N3CCOCC3)ccc21. The van der Waals surface area contributed by atoms with Crippen LogP contribution in [0.25, 0.3) is 11.0 Å². The van der Waals surface area contributed by atoms with Crippen molar-refractivity contribution in [1.29, 1.82) is 0 Å². The molecule has 9 heteroatoms. The van der Waals surface area contributed by atoms with Gasteiger partial charge in [0.15, 0.2) is 0 Å². The third-order valence-electron chi connectivity index (χ3n) is 5.48. The fourth-order valence-corrected chi connectivity index (χ4v) is 5.04. The van der Waals surface area contributed by atoms with E-state index in [0.29, 0.717) is 50.1 Å². The van der Waals surface area contributed by atoms with E-state index in [1.807, 2.05) is 18.4 Å². The Hall–Kier alpha value is -1.97. The second-order valence-corrected chi connectivity index (χ2v) is 9.30. The molecule has 1 aromatic carbocycles. The lowest BCUT2D eigenvalue weighted by Crippen LogP contribution is -2.40. The maximum Gasteiger partial charge on any atom is 0.309 e. The van der Waals surface area contributed by atoms with E-state index in [1.54, 1.807) is 18.2 Å². The third-order valence-corrected chi connectivity index (χ3v) is 7.37. The van der Waals surface area contributed by atoms with Gasteiger partial charge in [-0.1, -0.05) is 6.92 Å². The van der Waals surface area contributed by atoms with Crippen LogP contribution in [-0.4, -0.2) is 54.5 Å². The predicted octanol–water partition coefficient (Wildman–Crippen LogP) is 1.78. The maximum absolute atomic E-state index is 12.9. The molecule has 152 valence electrons. The van der Waals surface area contributed by atoms with Gasteiger partial charge in [0.1, 0.15) is 12.4 Å². The summed E-state index contributed by atoms with van der Waals surface area (Å²) in [4.78, 5) is 16.8. The summed E-state index contributed by atoms with van der Waals surface area (Å²) in [6, 6.07) is 4.98. The van der Waals surface area contributed by atoms with Crippen molar-refractivity contribution < 1.29 is 22.7 Å². The number of fused-ring (bicyclic) bond motifs is 1. The minimum Gasteiger partial charge on any atom is -0.457 e. The Morgan fingerprint density at radius 1 is 1.32 bits per heavy atom. The molecule has 1 saturated carbocycles. The molecule has 8 nitrogen and oxygen atoms in total.